The molecule has 0 amide bonds. The van der Waals surface area contributed by atoms with Crippen molar-refractivity contribution in [3.8, 4) is 12.1 Å². The van der Waals surface area contributed by atoms with Crippen molar-refractivity contribution >= 4 is 5.69 Å². The number of nitrogens with zero attached hydrogens (tertiary/aromatic N) is 2. The summed E-state index contributed by atoms with van der Waals surface area (Å²) in [5.41, 5.74) is -0.676. The maximum absolute atomic E-state index is 13.2. The second-order valence-electron chi connectivity index (χ2n) is 4.12. The third-order valence-corrected chi connectivity index (χ3v) is 2.95. The predicted octanol–water partition coefficient (Wildman–Crippen LogP) is 3.29. The fraction of sp³-hybridized carbons (Fsp3) is 0.333. The smallest absolute Gasteiger partial charge is 0.399 e. The van der Waals surface area contributed by atoms with Gasteiger partial charge >= 0.3 is 12.4 Å². The molecule has 0 aliphatic carbocycles. The van der Waals surface area contributed by atoms with Crippen molar-refractivity contribution in [2.75, 3.05) is 5.73 Å². The van der Waals surface area contributed by atoms with Gasteiger partial charge in [0.05, 0.1) is 12.1 Å². The molecule has 0 aromatic heterocycles. The zero-order valence-corrected chi connectivity index (χ0v) is 10.1. The number of halogens is 6. The first-order valence-electron chi connectivity index (χ1n) is 5.31. The van der Waals surface area contributed by atoms with Crippen molar-refractivity contribution in [3.05, 3.63) is 29.8 Å². The topological polar surface area (TPSA) is 73.6 Å². The minimum Gasteiger partial charge on any atom is -0.399 e. The highest BCUT2D eigenvalue weighted by molar-refractivity contribution is 5.45. The SMILES string of the molecule is N#CC(C#N)C(c1ccc(N)cc1)(C(F)(F)F)C(F)(F)F. The Morgan fingerprint density at radius 2 is 1.24 bits per heavy atom. The first-order chi connectivity index (χ1) is 9.52. The van der Waals surface area contributed by atoms with Crippen LogP contribution in [0.25, 0.3) is 0 Å². The Balaban J connectivity index is 3.82. The number of nitrogen functional groups attached to an aromatic ring is 1. The third-order valence-electron chi connectivity index (χ3n) is 2.95. The van der Waals surface area contributed by atoms with Gasteiger partial charge in [-0.1, -0.05) is 12.1 Å². The molecular formula is C12H7F6N3. The Bertz CT molecular complexity index is 560. The van der Waals surface area contributed by atoms with Crippen LogP contribution in [0.15, 0.2) is 24.3 Å². The number of alkyl halides is 6. The van der Waals surface area contributed by atoms with Crippen molar-refractivity contribution in [1.29, 1.82) is 10.5 Å². The second kappa shape index (κ2) is 5.17. The van der Waals surface area contributed by atoms with Crippen LogP contribution >= 0.6 is 0 Å². The summed E-state index contributed by atoms with van der Waals surface area (Å²) < 4.78 is 79.4. The van der Waals surface area contributed by atoms with Gasteiger partial charge in [0.1, 0.15) is 0 Å². The number of benzene rings is 1. The fourth-order valence-electron chi connectivity index (χ4n) is 1.95. The summed E-state index contributed by atoms with van der Waals surface area (Å²) in [6.07, 6.45) is -11.8. The molecule has 0 spiro atoms. The third kappa shape index (κ3) is 2.47. The van der Waals surface area contributed by atoms with Crippen LogP contribution < -0.4 is 5.73 Å². The van der Waals surface area contributed by atoms with Crippen molar-refractivity contribution in [1.82, 2.24) is 0 Å². The van der Waals surface area contributed by atoms with Crippen molar-refractivity contribution < 1.29 is 26.3 Å². The number of hydrogen-bond donors (Lipinski definition) is 1. The normalized spacial score (nSPS) is 12.8. The predicted molar refractivity (Wildman–Crippen MR) is 59.4 cm³/mol. The van der Waals surface area contributed by atoms with Crippen molar-refractivity contribution in [2.24, 2.45) is 5.92 Å². The first kappa shape index (κ1) is 16.6. The lowest BCUT2D eigenvalue weighted by atomic mass is 9.69. The first-order valence-corrected chi connectivity index (χ1v) is 5.31. The molecular weight excluding hydrogens is 300 g/mol. The van der Waals surface area contributed by atoms with Crippen LogP contribution in [-0.4, -0.2) is 12.4 Å². The van der Waals surface area contributed by atoms with Gasteiger partial charge in [-0.3, -0.25) is 0 Å². The van der Waals surface area contributed by atoms with Crippen molar-refractivity contribution in [3.63, 3.8) is 0 Å². The van der Waals surface area contributed by atoms with Gasteiger partial charge in [0.15, 0.2) is 5.92 Å². The van der Waals surface area contributed by atoms with E-state index in [0.29, 0.717) is 12.1 Å². The van der Waals surface area contributed by atoms with Crippen LogP contribution in [0.5, 0.6) is 0 Å². The van der Waals surface area contributed by atoms with Gasteiger partial charge in [0, 0.05) is 5.69 Å². The van der Waals surface area contributed by atoms with Crippen LogP contribution in [0, 0.1) is 28.6 Å². The molecule has 0 atom stereocenters. The Morgan fingerprint density at radius 1 is 0.857 bits per heavy atom. The largest absolute Gasteiger partial charge is 0.409 e. The maximum atomic E-state index is 13.2. The molecule has 0 bridgehead atoms. The maximum Gasteiger partial charge on any atom is 0.409 e. The number of hydrogen-bond acceptors (Lipinski definition) is 3. The molecule has 0 radical (unpaired) electrons. The Morgan fingerprint density at radius 3 is 1.52 bits per heavy atom. The molecule has 0 heterocycles. The Labute approximate surface area is 115 Å². The summed E-state index contributed by atoms with van der Waals surface area (Å²) in [5.74, 6) is -2.99. The van der Waals surface area contributed by atoms with Crippen LogP contribution in [-0.2, 0) is 5.41 Å². The zero-order chi connectivity index (χ0) is 16.5. The molecule has 21 heavy (non-hydrogen) atoms. The van der Waals surface area contributed by atoms with E-state index >= 15 is 0 Å². The van der Waals surface area contributed by atoms with E-state index in [4.69, 9.17) is 16.3 Å². The van der Waals surface area contributed by atoms with Crippen LogP contribution in [0.1, 0.15) is 5.56 Å². The summed E-state index contributed by atoms with van der Waals surface area (Å²) in [7, 11) is 0. The molecule has 0 saturated carbocycles. The van der Waals surface area contributed by atoms with E-state index in [-0.39, 0.29) is 5.69 Å². The number of rotatable bonds is 2. The summed E-state index contributed by atoms with van der Waals surface area (Å²) >= 11 is 0. The van der Waals surface area contributed by atoms with Gasteiger partial charge in [-0.05, 0) is 17.7 Å². The molecule has 1 aromatic carbocycles. The lowest BCUT2D eigenvalue weighted by molar-refractivity contribution is -0.309. The molecule has 0 saturated heterocycles. The molecule has 0 aliphatic heterocycles. The molecule has 9 heteroatoms. The number of nitrogens with two attached hydrogens (primary N) is 1. The van der Waals surface area contributed by atoms with Gasteiger partial charge in [-0.25, -0.2) is 0 Å². The molecule has 1 rings (SSSR count). The van der Waals surface area contributed by atoms with Crippen molar-refractivity contribution in [2.45, 2.75) is 17.8 Å². The van der Waals surface area contributed by atoms with E-state index in [9.17, 15) is 26.3 Å². The number of anilines is 1. The summed E-state index contributed by atoms with van der Waals surface area (Å²) in [6, 6.07) is 4.28. The van der Waals surface area contributed by atoms with Gasteiger partial charge in [-0.2, -0.15) is 36.9 Å². The van der Waals surface area contributed by atoms with E-state index < -0.39 is 29.2 Å². The average Bonchev–Trinajstić information content (AvgIpc) is 2.34. The molecule has 3 nitrogen and oxygen atoms in total. The average molecular weight is 307 g/mol. The highest BCUT2D eigenvalue weighted by Crippen LogP contribution is 2.56. The minimum absolute atomic E-state index is 0.0533. The quantitative estimate of drug-likeness (QED) is 0.673. The fourth-order valence-corrected chi connectivity index (χ4v) is 1.95. The van der Waals surface area contributed by atoms with E-state index in [1.807, 2.05) is 0 Å². The molecule has 112 valence electrons. The van der Waals surface area contributed by atoms with Gasteiger partial charge in [0.2, 0.25) is 5.41 Å². The monoisotopic (exact) mass is 307 g/mol. The van der Waals surface area contributed by atoms with E-state index in [2.05, 4.69) is 0 Å². The lowest BCUT2D eigenvalue weighted by Crippen LogP contribution is -2.58. The van der Waals surface area contributed by atoms with Crippen LogP contribution in [0.3, 0.4) is 0 Å². The number of nitriles is 2. The standard InChI is InChI=1S/C12H7F6N3/c13-11(14,15)10(12(16,17)18,8(5-19)6-20)7-1-3-9(21)4-2-7/h1-4,8H,21H2. The molecule has 0 aliphatic rings. The summed E-state index contributed by atoms with van der Waals surface area (Å²) in [4.78, 5) is 0. The Hall–Kier alpha value is -2.42. The Kier molecular flexibility index (Phi) is 4.09. The van der Waals surface area contributed by atoms with E-state index in [1.165, 1.54) is 0 Å². The highest BCUT2D eigenvalue weighted by atomic mass is 19.4. The lowest BCUT2D eigenvalue weighted by Gasteiger charge is -2.38. The summed E-state index contributed by atoms with van der Waals surface area (Å²) in [6.45, 7) is 0. The van der Waals surface area contributed by atoms with Crippen LogP contribution in [0.2, 0.25) is 0 Å². The van der Waals surface area contributed by atoms with E-state index in [0.717, 1.165) is 24.3 Å². The minimum atomic E-state index is -5.89. The summed E-state index contributed by atoms with van der Waals surface area (Å²) in [5, 5.41) is 17.2. The molecule has 1 aromatic rings. The van der Waals surface area contributed by atoms with Gasteiger partial charge in [0.25, 0.3) is 0 Å². The molecule has 0 fully saturated rings. The molecule has 2 N–H and O–H groups in total. The zero-order valence-electron chi connectivity index (χ0n) is 10.1. The highest BCUT2D eigenvalue weighted by Gasteiger charge is 2.75. The van der Waals surface area contributed by atoms with Crippen LogP contribution in [0.4, 0.5) is 32.0 Å². The second-order valence-corrected chi connectivity index (χ2v) is 4.12. The molecule has 0 unspecified atom stereocenters. The van der Waals surface area contributed by atoms with Gasteiger partial charge in [-0.15, -0.1) is 0 Å². The van der Waals surface area contributed by atoms with Gasteiger partial charge < -0.3 is 5.73 Å². The van der Waals surface area contributed by atoms with E-state index in [1.54, 1.807) is 0 Å².